The predicted octanol–water partition coefficient (Wildman–Crippen LogP) is 3.27. The molecule has 4 bridgehead atoms. The molecule has 5 rings (SSSR count). The van der Waals surface area contributed by atoms with Crippen LogP contribution in [0.15, 0.2) is 35.4 Å². The highest BCUT2D eigenvalue weighted by atomic mass is 16.2. The van der Waals surface area contributed by atoms with Crippen LogP contribution in [0.5, 0.6) is 0 Å². The summed E-state index contributed by atoms with van der Waals surface area (Å²) in [5.74, 6) is 2.19. The van der Waals surface area contributed by atoms with Gasteiger partial charge >= 0.3 is 0 Å². The highest BCUT2D eigenvalue weighted by Gasteiger charge is 2.51. The first-order valence-electron chi connectivity index (χ1n) is 9.71. The second-order valence-electron chi connectivity index (χ2n) is 8.58. The lowest BCUT2D eigenvalue weighted by Crippen LogP contribution is -2.60. The van der Waals surface area contributed by atoms with E-state index in [1.807, 2.05) is 18.2 Å². The third-order valence-electron chi connectivity index (χ3n) is 6.24. The van der Waals surface area contributed by atoms with Gasteiger partial charge in [0.05, 0.1) is 6.42 Å². The molecule has 0 aromatic heterocycles. The lowest BCUT2D eigenvalue weighted by molar-refractivity contribution is -0.125. The van der Waals surface area contributed by atoms with Crippen LogP contribution in [-0.2, 0) is 4.79 Å². The van der Waals surface area contributed by atoms with Crippen molar-refractivity contribution in [1.82, 2.24) is 10.7 Å². The quantitative estimate of drug-likeness (QED) is 0.630. The largest absolute Gasteiger partial charge is 0.350 e. The van der Waals surface area contributed by atoms with E-state index < -0.39 is 0 Å². The Bertz CT molecular complexity index is 691. The Hall–Kier alpha value is -2.17. The number of nitrogens with one attached hydrogen (secondary N) is 2. The summed E-state index contributed by atoms with van der Waals surface area (Å²) in [5, 5.41) is 7.43. The normalized spacial score (nSPS) is 32.3. The van der Waals surface area contributed by atoms with Gasteiger partial charge in [0.15, 0.2) is 0 Å². The molecule has 4 saturated carbocycles. The van der Waals surface area contributed by atoms with Gasteiger partial charge in [-0.2, -0.15) is 5.10 Å². The third-order valence-corrected chi connectivity index (χ3v) is 6.24. The van der Waals surface area contributed by atoms with Crippen LogP contribution in [0.4, 0.5) is 0 Å². The van der Waals surface area contributed by atoms with Crippen molar-refractivity contribution in [1.29, 1.82) is 0 Å². The fraction of sp³-hybridized carbons (Fsp3) is 0.571. The van der Waals surface area contributed by atoms with Gasteiger partial charge in [-0.3, -0.25) is 9.59 Å². The Balaban J connectivity index is 1.31. The molecule has 1 aromatic carbocycles. The Kier molecular flexibility index (Phi) is 4.55. The number of hydrazone groups is 1. The predicted molar refractivity (Wildman–Crippen MR) is 101 cm³/mol. The molecule has 0 unspecified atom stereocenters. The second-order valence-corrected chi connectivity index (χ2v) is 8.58. The highest BCUT2D eigenvalue weighted by molar-refractivity contribution is 6.01. The van der Waals surface area contributed by atoms with E-state index in [1.54, 1.807) is 19.1 Å². The van der Waals surface area contributed by atoms with Gasteiger partial charge in [-0.25, -0.2) is 5.43 Å². The molecule has 0 aliphatic heterocycles. The van der Waals surface area contributed by atoms with Crippen molar-refractivity contribution in [3.8, 4) is 0 Å². The number of rotatable bonds is 5. The van der Waals surface area contributed by atoms with E-state index in [2.05, 4.69) is 15.8 Å². The molecule has 4 aliphatic carbocycles. The van der Waals surface area contributed by atoms with Crippen molar-refractivity contribution >= 4 is 17.5 Å². The van der Waals surface area contributed by atoms with Crippen LogP contribution in [-0.4, -0.2) is 23.1 Å². The summed E-state index contributed by atoms with van der Waals surface area (Å²) in [7, 11) is 0. The van der Waals surface area contributed by atoms with Gasteiger partial charge in [-0.05, 0) is 75.3 Å². The van der Waals surface area contributed by atoms with Crippen LogP contribution in [0.3, 0.4) is 0 Å². The smallest absolute Gasteiger partial charge is 0.271 e. The van der Waals surface area contributed by atoms with Crippen molar-refractivity contribution in [2.24, 2.45) is 22.9 Å². The van der Waals surface area contributed by atoms with Crippen molar-refractivity contribution in [2.75, 3.05) is 0 Å². The number of carbonyl (C=O) groups is 2. The van der Waals surface area contributed by atoms with Crippen molar-refractivity contribution in [3.05, 3.63) is 35.9 Å². The Morgan fingerprint density at radius 1 is 1.04 bits per heavy atom. The van der Waals surface area contributed by atoms with Gasteiger partial charge in [0, 0.05) is 16.8 Å². The van der Waals surface area contributed by atoms with Gasteiger partial charge in [0.1, 0.15) is 0 Å². The maximum Gasteiger partial charge on any atom is 0.271 e. The molecule has 2 N–H and O–H groups in total. The summed E-state index contributed by atoms with van der Waals surface area (Å²) in [4.78, 5) is 24.6. The fourth-order valence-corrected chi connectivity index (χ4v) is 5.68. The number of hydrogen-bond acceptors (Lipinski definition) is 3. The van der Waals surface area contributed by atoms with E-state index in [4.69, 9.17) is 0 Å². The van der Waals surface area contributed by atoms with Crippen LogP contribution >= 0.6 is 0 Å². The molecular formula is C21H27N3O2. The summed E-state index contributed by atoms with van der Waals surface area (Å²) in [6.07, 6.45) is 7.75. The second kappa shape index (κ2) is 6.86. The van der Waals surface area contributed by atoms with E-state index in [0.29, 0.717) is 11.3 Å². The van der Waals surface area contributed by atoms with E-state index >= 15 is 0 Å². The van der Waals surface area contributed by atoms with Gasteiger partial charge in [-0.1, -0.05) is 18.2 Å². The summed E-state index contributed by atoms with van der Waals surface area (Å²) in [6, 6.07) is 8.95. The molecule has 1 aromatic rings. The highest BCUT2D eigenvalue weighted by Crippen LogP contribution is 2.55. The lowest BCUT2D eigenvalue weighted by atomic mass is 9.53. The minimum atomic E-state index is -0.258. The summed E-state index contributed by atoms with van der Waals surface area (Å²) in [5.41, 5.74) is 3.74. The van der Waals surface area contributed by atoms with Gasteiger partial charge < -0.3 is 5.32 Å². The summed E-state index contributed by atoms with van der Waals surface area (Å²) < 4.78 is 0. The molecular weight excluding hydrogens is 326 g/mol. The van der Waals surface area contributed by atoms with E-state index in [1.165, 1.54) is 19.3 Å². The minimum Gasteiger partial charge on any atom is -0.350 e. The first kappa shape index (κ1) is 17.3. The molecule has 138 valence electrons. The van der Waals surface area contributed by atoms with Crippen LogP contribution in [0.2, 0.25) is 0 Å². The van der Waals surface area contributed by atoms with Crippen LogP contribution in [0.1, 0.15) is 62.2 Å². The number of nitrogens with zero attached hydrogens (tertiary/aromatic N) is 1. The van der Waals surface area contributed by atoms with Gasteiger partial charge in [-0.15, -0.1) is 0 Å². The van der Waals surface area contributed by atoms with Gasteiger partial charge in [0.25, 0.3) is 5.91 Å². The molecule has 5 nitrogen and oxygen atoms in total. The standard InChI is InChI=1S/C21H27N3O2/c1-14(23-24-20(26)18-5-3-2-4-6-18)7-19(25)22-21-11-15-8-16(12-21)10-17(9-15)13-21/h2-6,15-17H,7-13H2,1H3,(H,22,25)(H,24,26). The number of benzene rings is 1. The van der Waals surface area contributed by atoms with Crippen LogP contribution < -0.4 is 10.7 Å². The van der Waals surface area contributed by atoms with Crippen molar-refractivity contribution in [2.45, 2.75) is 57.4 Å². The molecule has 4 fully saturated rings. The maximum absolute atomic E-state index is 12.5. The molecule has 0 heterocycles. The van der Waals surface area contributed by atoms with Crippen LogP contribution in [0.25, 0.3) is 0 Å². The first-order chi connectivity index (χ1) is 12.5. The molecule has 0 atom stereocenters. The topological polar surface area (TPSA) is 70.6 Å². The lowest BCUT2D eigenvalue weighted by Gasteiger charge is -2.56. The zero-order chi connectivity index (χ0) is 18.1. The van der Waals surface area contributed by atoms with Crippen molar-refractivity contribution in [3.63, 3.8) is 0 Å². The Morgan fingerprint density at radius 2 is 1.62 bits per heavy atom. The van der Waals surface area contributed by atoms with Crippen LogP contribution in [0, 0.1) is 17.8 Å². The first-order valence-corrected chi connectivity index (χ1v) is 9.71. The number of hydrogen-bond donors (Lipinski definition) is 2. The van der Waals surface area contributed by atoms with Crippen molar-refractivity contribution < 1.29 is 9.59 Å². The average Bonchev–Trinajstić information content (AvgIpc) is 2.58. The Labute approximate surface area is 154 Å². The zero-order valence-corrected chi connectivity index (χ0v) is 15.3. The molecule has 2 amide bonds. The fourth-order valence-electron chi connectivity index (χ4n) is 5.68. The molecule has 5 heteroatoms. The van der Waals surface area contributed by atoms with E-state index in [0.717, 1.165) is 37.0 Å². The number of amides is 2. The SMILES string of the molecule is CC(CC(=O)NC12CC3CC(CC(C3)C1)C2)=NNC(=O)c1ccccc1. The molecule has 4 aliphatic rings. The minimum absolute atomic E-state index is 0.0272. The average molecular weight is 353 g/mol. The summed E-state index contributed by atoms with van der Waals surface area (Å²) >= 11 is 0. The Morgan fingerprint density at radius 3 is 2.19 bits per heavy atom. The maximum atomic E-state index is 12.5. The molecule has 0 saturated heterocycles. The number of carbonyl (C=O) groups excluding carboxylic acids is 2. The summed E-state index contributed by atoms with van der Waals surface area (Å²) in [6.45, 7) is 1.78. The third kappa shape index (κ3) is 3.67. The monoisotopic (exact) mass is 353 g/mol. The van der Waals surface area contributed by atoms with E-state index in [-0.39, 0.29) is 23.8 Å². The van der Waals surface area contributed by atoms with Gasteiger partial charge in [0.2, 0.25) is 5.91 Å². The van der Waals surface area contributed by atoms with E-state index in [9.17, 15) is 9.59 Å². The zero-order valence-electron chi connectivity index (χ0n) is 15.3. The molecule has 26 heavy (non-hydrogen) atoms. The molecule has 0 radical (unpaired) electrons. The molecule has 0 spiro atoms.